The van der Waals surface area contributed by atoms with E-state index in [-0.39, 0.29) is 11.9 Å². The fraction of sp³-hybridized carbons (Fsp3) is 0.562. The highest BCUT2D eigenvalue weighted by atomic mass is 35.5. The van der Waals surface area contributed by atoms with Crippen LogP contribution in [0.2, 0.25) is 0 Å². The van der Waals surface area contributed by atoms with E-state index in [9.17, 15) is 4.79 Å². The molecular weight excluding hydrogens is 258 g/mol. The molecule has 0 aliphatic carbocycles. The molecule has 0 radical (unpaired) electrons. The summed E-state index contributed by atoms with van der Waals surface area (Å²) in [7, 11) is 0. The molecule has 3 heteroatoms. The fourth-order valence-electron chi connectivity index (χ4n) is 2.80. The second-order valence-corrected chi connectivity index (χ2v) is 5.48. The lowest BCUT2D eigenvalue weighted by Crippen LogP contribution is -2.41. The van der Waals surface area contributed by atoms with Crippen LogP contribution in [-0.2, 0) is 6.42 Å². The van der Waals surface area contributed by atoms with Crippen LogP contribution in [-0.4, -0.2) is 29.3 Å². The lowest BCUT2D eigenvalue weighted by atomic mass is 10.0. The average Bonchev–Trinajstić information content (AvgIpc) is 2.71. The van der Waals surface area contributed by atoms with Crippen LogP contribution in [0.4, 0.5) is 0 Å². The Balaban J connectivity index is 2.25. The first-order valence-electron chi connectivity index (χ1n) is 7.22. The van der Waals surface area contributed by atoms with Gasteiger partial charge in [-0.3, -0.25) is 4.79 Å². The van der Waals surface area contributed by atoms with Crippen LogP contribution in [0.3, 0.4) is 0 Å². The maximum absolute atomic E-state index is 12.8. The van der Waals surface area contributed by atoms with Gasteiger partial charge in [-0.2, -0.15) is 0 Å². The van der Waals surface area contributed by atoms with E-state index < -0.39 is 0 Å². The summed E-state index contributed by atoms with van der Waals surface area (Å²) in [4.78, 5) is 14.8. The van der Waals surface area contributed by atoms with Crippen LogP contribution in [0.1, 0.15) is 48.5 Å². The van der Waals surface area contributed by atoms with Gasteiger partial charge in [0, 0.05) is 24.0 Å². The van der Waals surface area contributed by atoms with Crippen molar-refractivity contribution in [3.8, 4) is 0 Å². The molecule has 1 amide bonds. The van der Waals surface area contributed by atoms with E-state index in [0.29, 0.717) is 5.88 Å². The van der Waals surface area contributed by atoms with Crippen molar-refractivity contribution >= 4 is 17.5 Å². The number of rotatable bonds is 3. The standard InChI is InChI=1S/C16H22ClNO/c1-2-13-8-5-6-10-15(13)16(19)18-11-7-3-4-9-14(18)12-17/h5-6,8,10,14H,2-4,7,9,11-12H2,1H3. The molecule has 0 aromatic heterocycles. The summed E-state index contributed by atoms with van der Waals surface area (Å²) in [5.41, 5.74) is 1.98. The van der Waals surface area contributed by atoms with Gasteiger partial charge >= 0.3 is 0 Å². The van der Waals surface area contributed by atoms with E-state index in [0.717, 1.165) is 36.9 Å². The first kappa shape index (κ1) is 14.4. The van der Waals surface area contributed by atoms with Gasteiger partial charge in [-0.15, -0.1) is 11.6 Å². The summed E-state index contributed by atoms with van der Waals surface area (Å²) < 4.78 is 0. The number of benzene rings is 1. The Kier molecular flexibility index (Phi) is 5.26. The molecular formula is C16H22ClNO. The molecule has 0 spiro atoms. The zero-order valence-corrected chi connectivity index (χ0v) is 12.3. The van der Waals surface area contributed by atoms with Gasteiger partial charge in [-0.25, -0.2) is 0 Å². The van der Waals surface area contributed by atoms with Crippen LogP contribution in [0.5, 0.6) is 0 Å². The Hall–Kier alpha value is -1.02. The third-order valence-corrected chi connectivity index (χ3v) is 4.30. The number of alkyl halides is 1. The van der Waals surface area contributed by atoms with Gasteiger partial charge in [0.2, 0.25) is 0 Å². The molecule has 1 unspecified atom stereocenters. The summed E-state index contributed by atoms with van der Waals surface area (Å²) in [5, 5.41) is 0. The number of carbonyl (C=O) groups is 1. The molecule has 2 rings (SSSR count). The Morgan fingerprint density at radius 1 is 1.32 bits per heavy atom. The van der Waals surface area contributed by atoms with E-state index in [2.05, 4.69) is 6.92 Å². The molecule has 1 atom stereocenters. The SMILES string of the molecule is CCc1ccccc1C(=O)N1CCCCCC1CCl. The minimum absolute atomic E-state index is 0.157. The van der Waals surface area contributed by atoms with E-state index in [4.69, 9.17) is 11.6 Å². The number of nitrogens with zero attached hydrogens (tertiary/aromatic N) is 1. The summed E-state index contributed by atoms with van der Waals surface area (Å²) >= 11 is 6.06. The third-order valence-electron chi connectivity index (χ3n) is 3.94. The van der Waals surface area contributed by atoms with Crippen LogP contribution in [0.25, 0.3) is 0 Å². The average molecular weight is 280 g/mol. The van der Waals surface area contributed by atoms with Gasteiger partial charge in [0.05, 0.1) is 0 Å². The number of amides is 1. The Labute approximate surface area is 120 Å². The zero-order valence-electron chi connectivity index (χ0n) is 11.6. The van der Waals surface area contributed by atoms with Crippen molar-refractivity contribution in [2.24, 2.45) is 0 Å². The number of aryl methyl sites for hydroxylation is 1. The smallest absolute Gasteiger partial charge is 0.254 e. The summed E-state index contributed by atoms with van der Waals surface area (Å²) in [6.07, 6.45) is 5.39. The largest absolute Gasteiger partial charge is 0.334 e. The van der Waals surface area contributed by atoms with E-state index in [1.807, 2.05) is 29.2 Å². The molecule has 19 heavy (non-hydrogen) atoms. The third kappa shape index (κ3) is 3.30. The minimum atomic E-state index is 0.157. The molecule has 1 aromatic rings. The van der Waals surface area contributed by atoms with Crippen LogP contribution in [0.15, 0.2) is 24.3 Å². The van der Waals surface area contributed by atoms with Crippen molar-refractivity contribution in [2.75, 3.05) is 12.4 Å². The maximum Gasteiger partial charge on any atom is 0.254 e. The highest BCUT2D eigenvalue weighted by Crippen LogP contribution is 2.22. The number of hydrogen-bond acceptors (Lipinski definition) is 1. The minimum Gasteiger partial charge on any atom is -0.334 e. The number of likely N-dealkylation sites (tertiary alicyclic amines) is 1. The van der Waals surface area contributed by atoms with Crippen LogP contribution >= 0.6 is 11.6 Å². The number of hydrogen-bond donors (Lipinski definition) is 0. The van der Waals surface area contributed by atoms with Gasteiger partial charge in [-0.1, -0.05) is 38.0 Å². The van der Waals surface area contributed by atoms with Gasteiger partial charge in [0.15, 0.2) is 0 Å². The van der Waals surface area contributed by atoms with Crippen molar-refractivity contribution < 1.29 is 4.79 Å². The number of halogens is 1. The molecule has 1 aliphatic rings. The highest BCUT2D eigenvalue weighted by molar-refractivity contribution is 6.18. The van der Waals surface area contributed by atoms with Gasteiger partial charge in [-0.05, 0) is 30.9 Å². The van der Waals surface area contributed by atoms with Crippen molar-refractivity contribution in [1.29, 1.82) is 0 Å². The molecule has 1 fully saturated rings. The molecule has 1 saturated heterocycles. The Bertz CT molecular complexity index is 433. The molecule has 0 N–H and O–H groups in total. The summed E-state index contributed by atoms with van der Waals surface area (Å²) in [6, 6.07) is 8.12. The summed E-state index contributed by atoms with van der Waals surface area (Å²) in [6.45, 7) is 2.93. The quantitative estimate of drug-likeness (QED) is 0.769. The van der Waals surface area contributed by atoms with Crippen molar-refractivity contribution in [3.05, 3.63) is 35.4 Å². The van der Waals surface area contributed by atoms with E-state index in [1.165, 1.54) is 12.8 Å². The van der Waals surface area contributed by atoms with Gasteiger partial charge < -0.3 is 4.90 Å². The second kappa shape index (κ2) is 6.95. The first-order chi connectivity index (χ1) is 9.27. The molecule has 104 valence electrons. The van der Waals surface area contributed by atoms with E-state index >= 15 is 0 Å². The topological polar surface area (TPSA) is 20.3 Å². The molecule has 1 heterocycles. The van der Waals surface area contributed by atoms with Crippen molar-refractivity contribution in [3.63, 3.8) is 0 Å². The molecule has 2 nitrogen and oxygen atoms in total. The molecule has 0 saturated carbocycles. The molecule has 0 bridgehead atoms. The summed E-state index contributed by atoms with van der Waals surface area (Å²) in [5.74, 6) is 0.699. The molecule has 1 aliphatic heterocycles. The van der Waals surface area contributed by atoms with Crippen molar-refractivity contribution in [1.82, 2.24) is 4.90 Å². The molecule has 1 aromatic carbocycles. The second-order valence-electron chi connectivity index (χ2n) is 5.17. The van der Waals surface area contributed by atoms with Crippen LogP contribution in [0, 0.1) is 0 Å². The Morgan fingerprint density at radius 3 is 2.84 bits per heavy atom. The van der Waals surface area contributed by atoms with Crippen molar-refractivity contribution in [2.45, 2.75) is 45.1 Å². The lowest BCUT2D eigenvalue weighted by Gasteiger charge is -2.29. The van der Waals surface area contributed by atoms with Gasteiger partial charge in [0.1, 0.15) is 0 Å². The van der Waals surface area contributed by atoms with E-state index in [1.54, 1.807) is 0 Å². The normalized spacial score (nSPS) is 20.1. The van der Waals surface area contributed by atoms with Gasteiger partial charge in [0.25, 0.3) is 5.91 Å². The fourth-order valence-corrected chi connectivity index (χ4v) is 3.12. The Morgan fingerprint density at radius 2 is 2.11 bits per heavy atom. The monoisotopic (exact) mass is 279 g/mol. The number of carbonyl (C=O) groups excluding carboxylic acids is 1. The highest BCUT2D eigenvalue weighted by Gasteiger charge is 2.26. The first-order valence-corrected chi connectivity index (χ1v) is 7.76. The maximum atomic E-state index is 12.8. The predicted octanol–water partition coefficient (Wildman–Crippen LogP) is 3.87. The predicted molar refractivity (Wildman–Crippen MR) is 79.8 cm³/mol. The van der Waals surface area contributed by atoms with Crippen LogP contribution < -0.4 is 0 Å². The zero-order chi connectivity index (χ0) is 13.7. The lowest BCUT2D eigenvalue weighted by molar-refractivity contribution is 0.0699.